The number of likely N-dealkylation sites (tertiary alicyclic amines) is 1. The minimum Gasteiger partial charge on any atom is -0.376 e. The second-order valence-corrected chi connectivity index (χ2v) is 11.8. The lowest BCUT2D eigenvalue weighted by molar-refractivity contribution is -0.152. The molecule has 1 spiro atoms. The Morgan fingerprint density at radius 3 is 2.78 bits per heavy atom. The lowest BCUT2D eigenvalue weighted by atomic mass is 10.1. The van der Waals surface area contributed by atoms with Crippen molar-refractivity contribution in [1.82, 2.24) is 20.5 Å². The number of aromatic nitrogens is 1. The molecular weight excluding hydrogens is 538 g/mol. The molecule has 0 unspecified atom stereocenters. The predicted octanol–water partition coefficient (Wildman–Crippen LogP) is 3.58. The van der Waals surface area contributed by atoms with Gasteiger partial charge in [0.05, 0.1) is 32.8 Å². The summed E-state index contributed by atoms with van der Waals surface area (Å²) in [4.78, 5) is 36.1. The largest absolute Gasteiger partial charge is 0.376 e. The van der Waals surface area contributed by atoms with Crippen LogP contribution in [0.5, 0.6) is 0 Å². The van der Waals surface area contributed by atoms with Crippen LogP contribution in [0.4, 0.5) is 0 Å². The Bertz CT molecular complexity index is 1700. The number of carbonyl (C=O) groups is 2. The van der Waals surface area contributed by atoms with Crippen LogP contribution in [-0.2, 0) is 32.0 Å². The summed E-state index contributed by atoms with van der Waals surface area (Å²) in [5.41, 5.74) is 4.67. The van der Waals surface area contributed by atoms with E-state index in [0.717, 1.165) is 35.5 Å². The third-order valence-corrected chi connectivity index (χ3v) is 9.21. The number of nitrogens with zero attached hydrogens (tertiary/aromatic N) is 2. The number of aromatic amines is 1. The minimum absolute atomic E-state index is 0.00578. The van der Waals surface area contributed by atoms with Gasteiger partial charge in [-0.05, 0) is 23.8 Å². The second-order valence-electron chi connectivity index (χ2n) is 10.7. The number of ether oxygens (including phenoxy) is 2. The standard InChI is InChI=1S/C31H31N5O4S/c1-19(20-6-7-24-23-4-2-3-5-27(23)41-28(24)13-20)33-17-29(37)36-18-31(39-10-11-40-31)14-26(36)30(38)34-16-22-12-21-15-32-9-8-25(21)35-22/h2-7,12-13,15,26,33,35H,1,8-11,14,16-18H2,(H,34,38)/t26-/m0/s1. The predicted molar refractivity (Wildman–Crippen MR) is 160 cm³/mol. The SMILES string of the molecule is C=C(NCC(=O)N1CC2(C[C@H]1C(=O)NCc1cc3c([nH]1)CCN=C3)OCCO2)c1ccc2c(c1)sc1ccccc12. The minimum atomic E-state index is -0.942. The molecule has 3 aliphatic heterocycles. The summed E-state index contributed by atoms with van der Waals surface area (Å²) in [6.45, 7) is 6.39. The fourth-order valence-corrected chi connectivity index (χ4v) is 7.12. The molecule has 2 amide bonds. The Kier molecular flexibility index (Phi) is 6.61. The number of hydrogen-bond acceptors (Lipinski definition) is 7. The van der Waals surface area contributed by atoms with E-state index in [1.807, 2.05) is 30.5 Å². The molecule has 3 N–H and O–H groups in total. The van der Waals surface area contributed by atoms with Gasteiger partial charge in [0.25, 0.3) is 0 Å². The Hall–Kier alpha value is -3.99. The van der Waals surface area contributed by atoms with Gasteiger partial charge >= 0.3 is 0 Å². The zero-order valence-corrected chi connectivity index (χ0v) is 23.4. The van der Waals surface area contributed by atoms with Crippen molar-refractivity contribution in [2.75, 3.05) is 32.8 Å². The maximum absolute atomic E-state index is 13.5. The molecule has 0 bridgehead atoms. The van der Waals surface area contributed by atoms with Crippen LogP contribution in [0.25, 0.3) is 25.9 Å². The van der Waals surface area contributed by atoms with Crippen molar-refractivity contribution < 1.29 is 19.1 Å². The van der Waals surface area contributed by atoms with E-state index in [1.54, 1.807) is 16.2 Å². The quantitative estimate of drug-likeness (QED) is 0.315. The molecular formula is C31H31N5O4S. The van der Waals surface area contributed by atoms with Gasteiger partial charge in [-0.15, -0.1) is 11.3 Å². The van der Waals surface area contributed by atoms with Gasteiger partial charge in [0.15, 0.2) is 5.79 Å². The zero-order chi connectivity index (χ0) is 28.0. The molecule has 210 valence electrons. The number of benzene rings is 2. The number of H-pyrrole nitrogens is 1. The van der Waals surface area contributed by atoms with Gasteiger partial charge in [-0.3, -0.25) is 14.6 Å². The number of aliphatic imine (C=N–C) groups is 1. The lowest BCUT2D eigenvalue weighted by Gasteiger charge is -2.24. The molecule has 5 heterocycles. The molecule has 2 aromatic carbocycles. The highest BCUT2D eigenvalue weighted by atomic mass is 32.1. The van der Waals surface area contributed by atoms with Crippen molar-refractivity contribution in [3.8, 4) is 0 Å². The van der Waals surface area contributed by atoms with E-state index < -0.39 is 11.8 Å². The molecule has 10 heteroatoms. The van der Waals surface area contributed by atoms with Gasteiger partial charge in [-0.25, -0.2) is 0 Å². The molecule has 7 rings (SSSR count). The maximum Gasteiger partial charge on any atom is 0.243 e. The van der Waals surface area contributed by atoms with Gasteiger partial charge in [0.1, 0.15) is 6.04 Å². The summed E-state index contributed by atoms with van der Waals surface area (Å²) >= 11 is 1.74. The van der Waals surface area contributed by atoms with Crippen molar-refractivity contribution in [3.05, 3.63) is 77.6 Å². The fraction of sp³-hybridized carbons (Fsp3) is 0.323. The highest BCUT2D eigenvalue weighted by Crippen LogP contribution is 2.36. The van der Waals surface area contributed by atoms with E-state index in [9.17, 15) is 9.59 Å². The fourth-order valence-electron chi connectivity index (χ4n) is 5.97. The Balaban J connectivity index is 1.02. The Labute approximate surface area is 241 Å². The molecule has 2 fully saturated rings. The van der Waals surface area contributed by atoms with E-state index in [-0.39, 0.29) is 24.9 Å². The summed E-state index contributed by atoms with van der Waals surface area (Å²) in [6, 6.07) is 15.9. The maximum atomic E-state index is 13.5. The Morgan fingerprint density at radius 2 is 1.93 bits per heavy atom. The first-order valence-corrected chi connectivity index (χ1v) is 14.7. The molecule has 0 radical (unpaired) electrons. The molecule has 0 saturated carbocycles. The average Bonchev–Trinajstić information content (AvgIpc) is 3.79. The van der Waals surface area contributed by atoms with E-state index >= 15 is 0 Å². The van der Waals surface area contributed by atoms with E-state index in [1.165, 1.54) is 20.2 Å². The van der Waals surface area contributed by atoms with Crippen LogP contribution in [0.15, 0.2) is 60.1 Å². The molecule has 1 atom stereocenters. The Morgan fingerprint density at radius 1 is 1.10 bits per heavy atom. The normalized spacial score (nSPS) is 19.2. The first-order valence-electron chi connectivity index (χ1n) is 13.9. The summed E-state index contributed by atoms with van der Waals surface area (Å²) in [5, 5.41) is 8.63. The monoisotopic (exact) mass is 569 g/mol. The van der Waals surface area contributed by atoms with Gasteiger partial charge in [-0.1, -0.05) is 36.9 Å². The first kappa shape index (κ1) is 25.9. The van der Waals surface area contributed by atoms with Crippen LogP contribution < -0.4 is 10.6 Å². The van der Waals surface area contributed by atoms with Gasteiger partial charge in [-0.2, -0.15) is 0 Å². The van der Waals surface area contributed by atoms with Crippen LogP contribution >= 0.6 is 11.3 Å². The average molecular weight is 570 g/mol. The van der Waals surface area contributed by atoms with Crippen molar-refractivity contribution in [3.63, 3.8) is 0 Å². The van der Waals surface area contributed by atoms with Gasteiger partial charge in [0, 0.05) is 68.4 Å². The molecule has 9 nitrogen and oxygen atoms in total. The number of thiophene rings is 1. The summed E-state index contributed by atoms with van der Waals surface area (Å²) in [6.07, 6.45) is 3.01. The second kappa shape index (κ2) is 10.4. The van der Waals surface area contributed by atoms with Gasteiger partial charge in [0.2, 0.25) is 11.8 Å². The van der Waals surface area contributed by atoms with Crippen LogP contribution in [0.2, 0.25) is 0 Å². The number of nitrogens with one attached hydrogen (secondary N) is 3. The number of carbonyl (C=O) groups excluding carboxylic acids is 2. The number of rotatable bonds is 7. The number of amides is 2. The van der Waals surface area contributed by atoms with Crippen LogP contribution in [0, 0.1) is 0 Å². The van der Waals surface area contributed by atoms with Crippen molar-refractivity contribution in [2.24, 2.45) is 4.99 Å². The topological polar surface area (TPSA) is 108 Å². The van der Waals surface area contributed by atoms with Crippen LogP contribution in [-0.4, -0.2) is 72.6 Å². The smallest absolute Gasteiger partial charge is 0.243 e. The van der Waals surface area contributed by atoms with Crippen molar-refractivity contribution in [1.29, 1.82) is 0 Å². The third kappa shape index (κ3) is 4.92. The molecule has 2 saturated heterocycles. The summed E-state index contributed by atoms with van der Waals surface area (Å²) in [7, 11) is 0. The van der Waals surface area contributed by atoms with Crippen LogP contribution in [0.1, 0.15) is 28.9 Å². The molecule has 4 aromatic rings. The number of fused-ring (bicyclic) bond motifs is 4. The lowest BCUT2D eigenvalue weighted by Crippen LogP contribution is -2.48. The highest BCUT2D eigenvalue weighted by Gasteiger charge is 2.52. The summed E-state index contributed by atoms with van der Waals surface area (Å²) < 4.78 is 14.2. The third-order valence-electron chi connectivity index (χ3n) is 8.07. The molecule has 2 aromatic heterocycles. The zero-order valence-electron chi connectivity index (χ0n) is 22.6. The van der Waals surface area contributed by atoms with Crippen molar-refractivity contribution >= 4 is 55.2 Å². The highest BCUT2D eigenvalue weighted by molar-refractivity contribution is 7.25. The number of hydrogen-bond donors (Lipinski definition) is 3. The van der Waals surface area contributed by atoms with E-state index in [0.29, 0.717) is 31.9 Å². The van der Waals surface area contributed by atoms with Gasteiger partial charge < -0.3 is 30.0 Å². The van der Waals surface area contributed by atoms with Crippen molar-refractivity contribution in [2.45, 2.75) is 31.2 Å². The molecule has 41 heavy (non-hydrogen) atoms. The van der Waals surface area contributed by atoms with Crippen LogP contribution in [0.3, 0.4) is 0 Å². The molecule has 3 aliphatic rings. The van der Waals surface area contributed by atoms with E-state index in [2.05, 4.69) is 51.5 Å². The summed E-state index contributed by atoms with van der Waals surface area (Å²) in [5.74, 6) is -1.38. The van der Waals surface area contributed by atoms with E-state index in [4.69, 9.17) is 9.47 Å². The first-order chi connectivity index (χ1) is 20.0. The molecule has 0 aliphatic carbocycles.